The molecule has 20 heavy (non-hydrogen) atoms. The molecule has 4 nitrogen and oxygen atoms in total. The molecular formula is C15H13N3OS. The summed E-state index contributed by atoms with van der Waals surface area (Å²) in [5.41, 5.74) is 7.82. The normalized spacial score (nSPS) is 10.4. The molecule has 2 aromatic carbocycles. The minimum absolute atomic E-state index is 0.383. The summed E-state index contributed by atoms with van der Waals surface area (Å²) in [6, 6.07) is 18.1. The molecular weight excluding hydrogens is 270 g/mol. The molecule has 100 valence electrons. The largest absolute Gasteiger partial charge is 0.430 e. The Balaban J connectivity index is 1.76. The van der Waals surface area contributed by atoms with Crippen molar-refractivity contribution in [3.8, 4) is 22.1 Å². The molecule has 0 aliphatic heterocycles. The fourth-order valence-corrected chi connectivity index (χ4v) is 2.39. The van der Waals surface area contributed by atoms with E-state index in [1.807, 2.05) is 42.5 Å². The van der Waals surface area contributed by atoms with Gasteiger partial charge in [-0.05, 0) is 23.3 Å². The van der Waals surface area contributed by atoms with Crippen LogP contribution in [0.5, 0.6) is 10.9 Å². The van der Waals surface area contributed by atoms with Crippen molar-refractivity contribution >= 4 is 11.3 Å². The molecule has 0 aliphatic carbocycles. The van der Waals surface area contributed by atoms with Gasteiger partial charge in [-0.1, -0.05) is 58.9 Å². The molecule has 0 fully saturated rings. The van der Waals surface area contributed by atoms with Crippen LogP contribution in [0.25, 0.3) is 11.1 Å². The molecule has 0 saturated heterocycles. The standard InChI is InChI=1S/C15H13N3OS/c16-10-14-17-18-15(20-14)19-13-8-6-12(7-9-13)11-4-2-1-3-5-11/h1-9H,10,16H2. The summed E-state index contributed by atoms with van der Waals surface area (Å²) in [5.74, 6) is 0.740. The van der Waals surface area contributed by atoms with Gasteiger partial charge in [-0.15, -0.1) is 5.10 Å². The highest BCUT2D eigenvalue weighted by Gasteiger charge is 2.05. The van der Waals surface area contributed by atoms with Crippen LogP contribution >= 0.6 is 11.3 Å². The predicted octanol–water partition coefficient (Wildman–Crippen LogP) is 3.46. The molecule has 0 spiro atoms. The van der Waals surface area contributed by atoms with Crippen molar-refractivity contribution in [3.05, 3.63) is 59.6 Å². The first-order valence-corrected chi connectivity index (χ1v) is 7.02. The molecule has 0 amide bonds. The van der Waals surface area contributed by atoms with Gasteiger partial charge in [-0.25, -0.2) is 0 Å². The maximum Gasteiger partial charge on any atom is 0.299 e. The van der Waals surface area contributed by atoms with Crippen molar-refractivity contribution in [1.82, 2.24) is 10.2 Å². The summed E-state index contributed by atoms with van der Waals surface area (Å²) in [5, 5.41) is 9.12. The highest BCUT2D eigenvalue weighted by atomic mass is 32.1. The van der Waals surface area contributed by atoms with E-state index in [9.17, 15) is 0 Å². The third kappa shape index (κ3) is 2.84. The molecule has 0 unspecified atom stereocenters. The number of nitrogens with two attached hydrogens (primary N) is 1. The molecule has 2 N–H and O–H groups in total. The number of benzene rings is 2. The lowest BCUT2D eigenvalue weighted by atomic mass is 10.1. The van der Waals surface area contributed by atoms with Gasteiger partial charge in [0.1, 0.15) is 10.8 Å². The van der Waals surface area contributed by atoms with E-state index in [2.05, 4.69) is 22.3 Å². The molecule has 5 heteroatoms. The van der Waals surface area contributed by atoms with E-state index in [1.165, 1.54) is 16.9 Å². The maximum absolute atomic E-state index is 5.64. The second-order valence-electron chi connectivity index (χ2n) is 4.16. The lowest BCUT2D eigenvalue weighted by Gasteiger charge is -2.04. The van der Waals surface area contributed by atoms with Crippen LogP contribution in [0, 0.1) is 0 Å². The SMILES string of the molecule is NCc1nnc(Oc2ccc(-c3ccccc3)cc2)s1. The second kappa shape index (κ2) is 5.81. The van der Waals surface area contributed by atoms with E-state index in [0.29, 0.717) is 11.7 Å². The Morgan fingerprint density at radius 1 is 0.900 bits per heavy atom. The molecule has 1 heterocycles. The van der Waals surface area contributed by atoms with Crippen molar-refractivity contribution in [3.63, 3.8) is 0 Å². The maximum atomic E-state index is 5.64. The minimum Gasteiger partial charge on any atom is -0.430 e. The molecule has 0 saturated carbocycles. The zero-order valence-corrected chi connectivity index (χ0v) is 11.5. The predicted molar refractivity (Wildman–Crippen MR) is 79.8 cm³/mol. The summed E-state index contributed by atoms with van der Waals surface area (Å²) in [6.45, 7) is 0.383. The van der Waals surface area contributed by atoms with Crippen molar-refractivity contribution in [2.24, 2.45) is 5.73 Å². The lowest BCUT2D eigenvalue weighted by molar-refractivity contribution is 0.473. The molecule has 0 atom stereocenters. The van der Waals surface area contributed by atoms with Crippen molar-refractivity contribution < 1.29 is 4.74 Å². The van der Waals surface area contributed by atoms with Gasteiger partial charge in [0.05, 0.1) is 0 Å². The third-order valence-electron chi connectivity index (χ3n) is 2.79. The zero-order valence-electron chi connectivity index (χ0n) is 10.7. The van der Waals surface area contributed by atoms with Crippen molar-refractivity contribution in [2.75, 3.05) is 0 Å². The molecule has 1 aromatic heterocycles. The van der Waals surface area contributed by atoms with Gasteiger partial charge >= 0.3 is 0 Å². The minimum atomic E-state index is 0.383. The second-order valence-corrected chi connectivity index (χ2v) is 5.18. The van der Waals surface area contributed by atoms with Gasteiger partial charge in [-0.3, -0.25) is 0 Å². The number of hydrogen-bond donors (Lipinski definition) is 1. The molecule has 3 aromatic rings. The summed E-state index contributed by atoms with van der Waals surface area (Å²) < 4.78 is 5.64. The molecule has 0 bridgehead atoms. The summed E-state index contributed by atoms with van der Waals surface area (Å²) >= 11 is 1.36. The fraction of sp³-hybridized carbons (Fsp3) is 0.0667. The van der Waals surface area contributed by atoms with Gasteiger partial charge in [-0.2, -0.15) is 0 Å². The van der Waals surface area contributed by atoms with Gasteiger partial charge in [0.15, 0.2) is 0 Å². The monoisotopic (exact) mass is 283 g/mol. The Morgan fingerprint density at radius 3 is 2.25 bits per heavy atom. The Hall–Kier alpha value is -2.24. The van der Waals surface area contributed by atoms with E-state index >= 15 is 0 Å². The third-order valence-corrected chi connectivity index (χ3v) is 3.61. The van der Waals surface area contributed by atoms with Crippen LogP contribution in [0.2, 0.25) is 0 Å². The highest BCUT2D eigenvalue weighted by molar-refractivity contribution is 7.13. The van der Waals surface area contributed by atoms with Crippen molar-refractivity contribution in [2.45, 2.75) is 6.54 Å². The topological polar surface area (TPSA) is 61.0 Å². The van der Waals surface area contributed by atoms with Crippen LogP contribution in [0.15, 0.2) is 54.6 Å². The van der Waals surface area contributed by atoms with E-state index < -0.39 is 0 Å². The molecule has 0 radical (unpaired) electrons. The summed E-state index contributed by atoms with van der Waals surface area (Å²) in [4.78, 5) is 0. The number of rotatable bonds is 4. The molecule has 3 rings (SSSR count). The van der Waals surface area contributed by atoms with Crippen LogP contribution in [0.3, 0.4) is 0 Å². The average Bonchev–Trinajstić information content (AvgIpc) is 2.97. The number of hydrogen-bond acceptors (Lipinski definition) is 5. The van der Waals surface area contributed by atoms with Crippen LogP contribution in [0.1, 0.15) is 5.01 Å². The number of aromatic nitrogens is 2. The molecule has 0 aliphatic rings. The van der Waals surface area contributed by atoms with E-state index in [-0.39, 0.29) is 0 Å². The zero-order chi connectivity index (χ0) is 13.8. The van der Waals surface area contributed by atoms with E-state index in [0.717, 1.165) is 16.3 Å². The number of nitrogens with zero attached hydrogens (tertiary/aromatic N) is 2. The van der Waals surface area contributed by atoms with Gasteiger partial charge < -0.3 is 10.5 Å². The summed E-state index contributed by atoms with van der Waals surface area (Å²) in [6.07, 6.45) is 0. The quantitative estimate of drug-likeness (QED) is 0.796. The van der Waals surface area contributed by atoms with Gasteiger partial charge in [0, 0.05) is 6.54 Å². The van der Waals surface area contributed by atoms with Crippen LogP contribution in [0.4, 0.5) is 0 Å². The number of ether oxygens (including phenoxy) is 1. The fourth-order valence-electron chi connectivity index (χ4n) is 1.81. The Kier molecular flexibility index (Phi) is 3.71. The Bertz CT molecular complexity index is 680. The van der Waals surface area contributed by atoms with Crippen LogP contribution in [-0.2, 0) is 6.54 Å². The summed E-state index contributed by atoms with van der Waals surface area (Å²) in [7, 11) is 0. The smallest absolute Gasteiger partial charge is 0.299 e. The van der Waals surface area contributed by atoms with Crippen LogP contribution < -0.4 is 10.5 Å². The van der Waals surface area contributed by atoms with Gasteiger partial charge in [0.2, 0.25) is 0 Å². The first-order chi connectivity index (χ1) is 9.85. The van der Waals surface area contributed by atoms with Crippen molar-refractivity contribution in [1.29, 1.82) is 0 Å². The van der Waals surface area contributed by atoms with Gasteiger partial charge in [0.25, 0.3) is 5.19 Å². The Labute approximate surface area is 120 Å². The Morgan fingerprint density at radius 2 is 1.60 bits per heavy atom. The lowest BCUT2D eigenvalue weighted by Crippen LogP contribution is -1.94. The first kappa shape index (κ1) is 12.8. The van der Waals surface area contributed by atoms with E-state index in [4.69, 9.17) is 10.5 Å². The van der Waals surface area contributed by atoms with Crippen LogP contribution in [-0.4, -0.2) is 10.2 Å². The average molecular weight is 283 g/mol. The highest BCUT2D eigenvalue weighted by Crippen LogP contribution is 2.27. The first-order valence-electron chi connectivity index (χ1n) is 6.21. The van der Waals surface area contributed by atoms with E-state index in [1.54, 1.807) is 0 Å².